The van der Waals surface area contributed by atoms with E-state index in [1.165, 1.54) is 0 Å². The third-order valence-corrected chi connectivity index (χ3v) is 2.17. The zero-order valence-corrected chi connectivity index (χ0v) is 11.0. The van der Waals surface area contributed by atoms with Gasteiger partial charge in [-0.2, -0.15) is 0 Å². The molecule has 0 fully saturated rings. The van der Waals surface area contributed by atoms with E-state index in [0.717, 1.165) is 11.3 Å². The lowest BCUT2D eigenvalue weighted by Gasteiger charge is -2.12. The second kappa shape index (κ2) is 6.86. The van der Waals surface area contributed by atoms with Crippen molar-refractivity contribution in [2.24, 2.45) is 5.73 Å². The highest BCUT2D eigenvalue weighted by Crippen LogP contribution is 2.22. The molecule has 0 radical (unpaired) electrons. The first-order valence-electron chi connectivity index (χ1n) is 6.00. The Hall–Kier alpha value is -1.75. The maximum Gasteiger partial charge on any atom is 0.411 e. The first-order chi connectivity index (χ1) is 8.56. The average Bonchev–Trinajstić information content (AvgIpc) is 2.30. The highest BCUT2D eigenvalue weighted by Gasteiger charge is 2.08. The van der Waals surface area contributed by atoms with Gasteiger partial charge in [-0.1, -0.05) is 0 Å². The number of hydrogen-bond acceptors (Lipinski definition) is 4. The number of amides is 1. The molecule has 0 bridgehead atoms. The molecule has 1 aromatic rings. The van der Waals surface area contributed by atoms with Gasteiger partial charge in [0.2, 0.25) is 0 Å². The number of carbonyl (C=O) groups excluding carboxylic acids is 1. The van der Waals surface area contributed by atoms with Crippen molar-refractivity contribution >= 4 is 11.8 Å². The summed E-state index contributed by atoms with van der Waals surface area (Å²) in [4.78, 5) is 11.4. The summed E-state index contributed by atoms with van der Waals surface area (Å²) < 4.78 is 10.4. The standard InChI is InChI=1S/C13H20N2O3/c1-4-17-12-6-5-11(7-10(12)8-14)15-13(16)18-9(2)3/h5-7,9H,4,8,14H2,1-3H3,(H,15,16). The number of rotatable bonds is 5. The van der Waals surface area contributed by atoms with Gasteiger partial charge >= 0.3 is 6.09 Å². The SMILES string of the molecule is CCOc1ccc(NC(=O)OC(C)C)cc1CN. The van der Waals surface area contributed by atoms with E-state index in [-0.39, 0.29) is 6.10 Å². The Balaban J connectivity index is 2.76. The van der Waals surface area contributed by atoms with Crippen LogP contribution in [-0.4, -0.2) is 18.8 Å². The summed E-state index contributed by atoms with van der Waals surface area (Å²) in [5.41, 5.74) is 7.13. The number of anilines is 1. The molecule has 0 aliphatic rings. The zero-order valence-electron chi connectivity index (χ0n) is 11.0. The van der Waals surface area contributed by atoms with Crippen LogP contribution in [0.3, 0.4) is 0 Å². The molecule has 0 saturated heterocycles. The van der Waals surface area contributed by atoms with E-state index in [9.17, 15) is 4.79 Å². The highest BCUT2D eigenvalue weighted by molar-refractivity contribution is 5.85. The summed E-state index contributed by atoms with van der Waals surface area (Å²) in [5.74, 6) is 0.739. The second-order valence-electron chi connectivity index (χ2n) is 4.04. The lowest BCUT2D eigenvalue weighted by molar-refractivity contribution is 0.130. The minimum atomic E-state index is -0.475. The Morgan fingerprint density at radius 1 is 1.44 bits per heavy atom. The molecule has 0 atom stereocenters. The van der Waals surface area contributed by atoms with Gasteiger partial charge in [0.05, 0.1) is 12.7 Å². The normalized spacial score (nSPS) is 10.3. The summed E-state index contributed by atoms with van der Waals surface area (Å²) in [6.45, 7) is 6.43. The van der Waals surface area contributed by atoms with Crippen LogP contribution in [0.2, 0.25) is 0 Å². The molecule has 0 unspecified atom stereocenters. The van der Waals surface area contributed by atoms with Gasteiger partial charge in [0.15, 0.2) is 0 Å². The van der Waals surface area contributed by atoms with Crippen LogP contribution in [0.5, 0.6) is 5.75 Å². The van der Waals surface area contributed by atoms with Crippen LogP contribution in [0.15, 0.2) is 18.2 Å². The molecule has 1 amide bonds. The monoisotopic (exact) mass is 252 g/mol. The Bertz CT molecular complexity index is 405. The summed E-state index contributed by atoms with van der Waals surface area (Å²) in [6, 6.07) is 5.33. The van der Waals surface area contributed by atoms with Gasteiger partial charge in [0.25, 0.3) is 0 Å². The van der Waals surface area contributed by atoms with Gasteiger partial charge in [-0.25, -0.2) is 4.79 Å². The predicted molar refractivity (Wildman–Crippen MR) is 70.7 cm³/mol. The molecule has 3 N–H and O–H groups in total. The smallest absolute Gasteiger partial charge is 0.411 e. The van der Waals surface area contributed by atoms with E-state index >= 15 is 0 Å². The van der Waals surface area contributed by atoms with E-state index < -0.39 is 6.09 Å². The molecule has 0 aliphatic heterocycles. The zero-order chi connectivity index (χ0) is 13.5. The molecule has 0 aromatic heterocycles. The first-order valence-corrected chi connectivity index (χ1v) is 6.00. The van der Waals surface area contributed by atoms with Crippen molar-refractivity contribution in [1.29, 1.82) is 0 Å². The molecule has 18 heavy (non-hydrogen) atoms. The molecule has 1 aromatic carbocycles. The number of nitrogens with one attached hydrogen (secondary N) is 1. The van der Waals surface area contributed by atoms with Crippen molar-refractivity contribution in [3.05, 3.63) is 23.8 Å². The molecule has 5 nitrogen and oxygen atoms in total. The van der Waals surface area contributed by atoms with E-state index in [0.29, 0.717) is 18.8 Å². The molecule has 0 heterocycles. The lowest BCUT2D eigenvalue weighted by Crippen LogP contribution is -2.18. The van der Waals surface area contributed by atoms with Crippen molar-refractivity contribution in [2.45, 2.75) is 33.4 Å². The molecule has 0 aliphatic carbocycles. The summed E-state index contributed by atoms with van der Waals surface area (Å²) in [7, 11) is 0. The molecule has 1 rings (SSSR count). The summed E-state index contributed by atoms with van der Waals surface area (Å²) in [6.07, 6.45) is -0.626. The number of benzene rings is 1. The Kier molecular flexibility index (Phi) is 5.45. The van der Waals surface area contributed by atoms with Gasteiger partial charge in [-0.3, -0.25) is 5.32 Å². The average molecular weight is 252 g/mol. The number of ether oxygens (including phenoxy) is 2. The van der Waals surface area contributed by atoms with Gasteiger partial charge in [0, 0.05) is 17.8 Å². The molecular weight excluding hydrogens is 232 g/mol. The quantitative estimate of drug-likeness (QED) is 0.844. The van der Waals surface area contributed by atoms with Crippen LogP contribution >= 0.6 is 0 Å². The van der Waals surface area contributed by atoms with Crippen molar-refractivity contribution in [3.8, 4) is 5.75 Å². The van der Waals surface area contributed by atoms with Crippen LogP contribution < -0.4 is 15.8 Å². The maximum absolute atomic E-state index is 11.4. The highest BCUT2D eigenvalue weighted by atomic mass is 16.6. The first kappa shape index (κ1) is 14.3. The van der Waals surface area contributed by atoms with Gasteiger partial charge < -0.3 is 15.2 Å². The fourth-order valence-electron chi connectivity index (χ4n) is 1.47. The Morgan fingerprint density at radius 2 is 2.17 bits per heavy atom. The van der Waals surface area contributed by atoms with E-state index in [2.05, 4.69) is 5.32 Å². The maximum atomic E-state index is 11.4. The predicted octanol–water partition coefficient (Wildman–Crippen LogP) is 2.50. The van der Waals surface area contributed by atoms with Crippen LogP contribution in [0, 0.1) is 0 Å². The number of carbonyl (C=O) groups is 1. The van der Waals surface area contributed by atoms with Crippen LogP contribution in [0.4, 0.5) is 10.5 Å². The van der Waals surface area contributed by atoms with E-state index in [1.807, 2.05) is 6.92 Å². The van der Waals surface area contributed by atoms with Crippen LogP contribution in [0.1, 0.15) is 26.3 Å². The van der Waals surface area contributed by atoms with Crippen LogP contribution in [-0.2, 0) is 11.3 Å². The molecule has 100 valence electrons. The Morgan fingerprint density at radius 3 is 2.72 bits per heavy atom. The number of hydrogen-bond donors (Lipinski definition) is 2. The molecule has 0 spiro atoms. The third-order valence-electron chi connectivity index (χ3n) is 2.17. The topological polar surface area (TPSA) is 73.6 Å². The van der Waals surface area contributed by atoms with E-state index in [4.69, 9.17) is 15.2 Å². The Labute approximate surface area is 107 Å². The van der Waals surface area contributed by atoms with E-state index in [1.54, 1.807) is 32.0 Å². The van der Waals surface area contributed by atoms with Crippen molar-refractivity contribution in [2.75, 3.05) is 11.9 Å². The molecular formula is C13H20N2O3. The van der Waals surface area contributed by atoms with Gasteiger partial charge in [-0.15, -0.1) is 0 Å². The lowest BCUT2D eigenvalue weighted by atomic mass is 10.2. The minimum Gasteiger partial charge on any atom is -0.494 e. The largest absolute Gasteiger partial charge is 0.494 e. The van der Waals surface area contributed by atoms with Crippen LogP contribution in [0.25, 0.3) is 0 Å². The van der Waals surface area contributed by atoms with Gasteiger partial charge in [0.1, 0.15) is 5.75 Å². The molecule has 0 saturated carbocycles. The van der Waals surface area contributed by atoms with Crippen molar-refractivity contribution in [3.63, 3.8) is 0 Å². The molecule has 5 heteroatoms. The summed E-state index contributed by atoms with van der Waals surface area (Å²) >= 11 is 0. The second-order valence-corrected chi connectivity index (χ2v) is 4.04. The minimum absolute atomic E-state index is 0.151. The van der Waals surface area contributed by atoms with Crippen molar-refractivity contribution < 1.29 is 14.3 Å². The van der Waals surface area contributed by atoms with Crippen molar-refractivity contribution in [1.82, 2.24) is 0 Å². The summed E-state index contributed by atoms with van der Waals surface area (Å²) in [5, 5.41) is 2.65. The fourth-order valence-corrected chi connectivity index (χ4v) is 1.47. The number of nitrogens with two attached hydrogens (primary N) is 1. The van der Waals surface area contributed by atoms with Gasteiger partial charge in [-0.05, 0) is 39.0 Å². The third kappa shape index (κ3) is 4.25. The fraction of sp³-hybridized carbons (Fsp3) is 0.462.